The van der Waals surface area contributed by atoms with Crippen molar-refractivity contribution in [3.05, 3.63) is 35.9 Å². The van der Waals surface area contributed by atoms with Crippen molar-refractivity contribution in [2.45, 2.75) is 19.8 Å². The Kier molecular flexibility index (Phi) is 7.32. The van der Waals surface area contributed by atoms with Gasteiger partial charge in [0.25, 0.3) is 0 Å². The van der Waals surface area contributed by atoms with Gasteiger partial charge in [-0.25, -0.2) is 0 Å². The maximum Gasteiger partial charge on any atom is 0.236 e. The van der Waals surface area contributed by atoms with Crippen molar-refractivity contribution in [3.8, 4) is 0 Å². The molecule has 0 saturated carbocycles. The van der Waals surface area contributed by atoms with Crippen LogP contribution in [0.2, 0.25) is 0 Å². The van der Waals surface area contributed by atoms with Crippen molar-refractivity contribution in [2.75, 3.05) is 33.2 Å². The highest BCUT2D eigenvalue weighted by molar-refractivity contribution is 7.80. The molecule has 2 N–H and O–H groups in total. The summed E-state index contributed by atoms with van der Waals surface area (Å²) in [6.07, 6.45) is 0. The average molecular weight is 307 g/mol. The lowest BCUT2D eigenvalue weighted by Gasteiger charge is -2.26. The first-order valence-electron chi connectivity index (χ1n) is 7.30. The van der Waals surface area contributed by atoms with Crippen molar-refractivity contribution < 1.29 is 4.79 Å². The normalized spacial score (nSPS) is 12.2. The second kappa shape index (κ2) is 8.74. The van der Waals surface area contributed by atoms with Crippen LogP contribution < -0.4 is 5.73 Å². The van der Waals surface area contributed by atoms with E-state index in [1.165, 1.54) is 0 Å². The SMILES string of the molecule is CCN(CC)C(=O)CN(C)CC(C(N)=S)c1ccccc1. The first-order chi connectivity index (χ1) is 9.99. The molecule has 0 fully saturated rings. The van der Waals surface area contributed by atoms with Gasteiger partial charge in [-0.2, -0.15) is 0 Å². The van der Waals surface area contributed by atoms with Crippen LogP contribution in [0.5, 0.6) is 0 Å². The summed E-state index contributed by atoms with van der Waals surface area (Å²) in [5, 5.41) is 0. The molecule has 1 unspecified atom stereocenters. The highest BCUT2D eigenvalue weighted by Gasteiger charge is 2.19. The zero-order valence-corrected chi connectivity index (χ0v) is 13.9. The molecule has 1 amide bonds. The van der Waals surface area contributed by atoms with E-state index in [1.807, 2.05) is 61.0 Å². The van der Waals surface area contributed by atoms with E-state index < -0.39 is 0 Å². The highest BCUT2D eigenvalue weighted by atomic mass is 32.1. The fraction of sp³-hybridized carbons (Fsp3) is 0.500. The summed E-state index contributed by atoms with van der Waals surface area (Å²) in [7, 11) is 1.93. The van der Waals surface area contributed by atoms with Gasteiger partial charge in [0.1, 0.15) is 0 Å². The number of nitrogens with two attached hydrogens (primary N) is 1. The van der Waals surface area contributed by atoms with Gasteiger partial charge >= 0.3 is 0 Å². The Labute approximate surface area is 132 Å². The number of benzene rings is 1. The van der Waals surface area contributed by atoms with Crippen LogP contribution in [-0.2, 0) is 4.79 Å². The lowest BCUT2D eigenvalue weighted by Crippen LogP contribution is -2.41. The molecule has 5 heteroatoms. The minimum atomic E-state index is -0.0318. The topological polar surface area (TPSA) is 49.6 Å². The lowest BCUT2D eigenvalue weighted by atomic mass is 9.98. The largest absolute Gasteiger partial charge is 0.393 e. The van der Waals surface area contributed by atoms with Crippen LogP contribution in [0.15, 0.2) is 30.3 Å². The number of hydrogen-bond donors (Lipinski definition) is 1. The monoisotopic (exact) mass is 307 g/mol. The van der Waals surface area contributed by atoms with Crippen molar-refractivity contribution in [3.63, 3.8) is 0 Å². The molecule has 0 aliphatic heterocycles. The number of hydrogen-bond acceptors (Lipinski definition) is 3. The van der Waals surface area contributed by atoms with Gasteiger partial charge in [-0.15, -0.1) is 0 Å². The summed E-state index contributed by atoms with van der Waals surface area (Å²) >= 11 is 5.18. The number of likely N-dealkylation sites (N-methyl/N-ethyl adjacent to an activating group) is 2. The van der Waals surface area contributed by atoms with Crippen molar-refractivity contribution in [1.82, 2.24) is 9.80 Å². The Bertz CT molecular complexity index is 460. The fourth-order valence-corrected chi connectivity index (χ4v) is 2.54. The molecule has 1 aromatic rings. The molecule has 1 aromatic carbocycles. The third-order valence-electron chi connectivity index (χ3n) is 3.56. The van der Waals surface area contributed by atoms with Crippen LogP contribution in [-0.4, -0.2) is 53.9 Å². The molecule has 0 aliphatic carbocycles. The minimum Gasteiger partial charge on any atom is -0.393 e. The van der Waals surface area contributed by atoms with E-state index in [1.54, 1.807) is 0 Å². The van der Waals surface area contributed by atoms with E-state index in [0.717, 1.165) is 18.7 Å². The number of thiocarbonyl (C=S) groups is 1. The first-order valence-corrected chi connectivity index (χ1v) is 7.70. The van der Waals surface area contributed by atoms with Gasteiger partial charge in [-0.3, -0.25) is 9.69 Å². The predicted octanol–water partition coefficient (Wildman–Crippen LogP) is 1.86. The summed E-state index contributed by atoms with van der Waals surface area (Å²) < 4.78 is 0. The lowest BCUT2D eigenvalue weighted by molar-refractivity contribution is -0.131. The van der Waals surface area contributed by atoms with E-state index in [4.69, 9.17) is 18.0 Å². The van der Waals surface area contributed by atoms with E-state index >= 15 is 0 Å². The molecule has 0 saturated heterocycles. The minimum absolute atomic E-state index is 0.0318. The molecule has 0 spiro atoms. The molecule has 21 heavy (non-hydrogen) atoms. The van der Waals surface area contributed by atoms with E-state index in [2.05, 4.69) is 0 Å². The Hall–Kier alpha value is -1.46. The van der Waals surface area contributed by atoms with Crippen LogP contribution >= 0.6 is 12.2 Å². The zero-order chi connectivity index (χ0) is 15.8. The van der Waals surface area contributed by atoms with Crippen LogP contribution in [0.4, 0.5) is 0 Å². The molecule has 1 atom stereocenters. The molecule has 4 nitrogen and oxygen atoms in total. The Balaban J connectivity index is 2.68. The maximum absolute atomic E-state index is 12.1. The summed E-state index contributed by atoms with van der Waals surface area (Å²) in [6.45, 7) is 6.48. The molecule has 0 bridgehead atoms. The number of amides is 1. The fourth-order valence-electron chi connectivity index (χ4n) is 2.33. The van der Waals surface area contributed by atoms with E-state index in [-0.39, 0.29) is 11.8 Å². The molecule has 116 valence electrons. The Morgan fingerprint density at radius 3 is 2.29 bits per heavy atom. The van der Waals surface area contributed by atoms with Crippen LogP contribution in [0.25, 0.3) is 0 Å². The van der Waals surface area contributed by atoms with E-state index in [0.29, 0.717) is 18.1 Å². The van der Waals surface area contributed by atoms with Gasteiger partial charge in [0, 0.05) is 25.6 Å². The first kappa shape index (κ1) is 17.6. The quantitative estimate of drug-likeness (QED) is 0.745. The van der Waals surface area contributed by atoms with Crippen molar-refractivity contribution in [2.24, 2.45) is 5.73 Å². The molecule has 0 aliphatic rings. The molecule has 0 radical (unpaired) electrons. The van der Waals surface area contributed by atoms with Gasteiger partial charge in [-0.05, 0) is 26.5 Å². The third kappa shape index (κ3) is 5.44. The maximum atomic E-state index is 12.1. The molecule has 1 rings (SSSR count). The Morgan fingerprint density at radius 1 is 1.24 bits per heavy atom. The van der Waals surface area contributed by atoms with Crippen molar-refractivity contribution in [1.29, 1.82) is 0 Å². The van der Waals surface area contributed by atoms with Crippen LogP contribution in [0.1, 0.15) is 25.3 Å². The predicted molar refractivity (Wildman–Crippen MR) is 91.4 cm³/mol. The smallest absolute Gasteiger partial charge is 0.236 e. The van der Waals surface area contributed by atoms with Gasteiger partial charge in [0.15, 0.2) is 0 Å². The zero-order valence-electron chi connectivity index (χ0n) is 13.1. The second-order valence-corrected chi connectivity index (χ2v) is 5.60. The molecular formula is C16H25N3OS. The number of carbonyl (C=O) groups is 1. The van der Waals surface area contributed by atoms with Gasteiger partial charge in [0.05, 0.1) is 11.5 Å². The number of rotatable bonds is 8. The van der Waals surface area contributed by atoms with Gasteiger partial charge < -0.3 is 10.6 Å². The summed E-state index contributed by atoms with van der Waals surface area (Å²) in [4.78, 5) is 16.4. The number of nitrogens with zero attached hydrogens (tertiary/aromatic N) is 2. The Morgan fingerprint density at radius 2 is 1.81 bits per heavy atom. The summed E-state index contributed by atoms with van der Waals surface area (Å²) in [5.74, 6) is 0.105. The molecular weight excluding hydrogens is 282 g/mol. The number of carbonyl (C=O) groups excluding carboxylic acids is 1. The average Bonchev–Trinajstić information content (AvgIpc) is 2.46. The van der Waals surface area contributed by atoms with Crippen LogP contribution in [0.3, 0.4) is 0 Å². The summed E-state index contributed by atoms with van der Waals surface area (Å²) in [6, 6.07) is 9.95. The van der Waals surface area contributed by atoms with Crippen molar-refractivity contribution >= 4 is 23.1 Å². The van der Waals surface area contributed by atoms with Gasteiger partial charge in [0.2, 0.25) is 5.91 Å². The summed E-state index contributed by atoms with van der Waals surface area (Å²) in [5.41, 5.74) is 6.96. The molecule has 0 aromatic heterocycles. The van der Waals surface area contributed by atoms with Gasteiger partial charge in [-0.1, -0.05) is 42.5 Å². The molecule has 0 heterocycles. The standard InChI is InChI=1S/C16H25N3OS/c1-4-19(5-2)15(20)12-18(3)11-14(16(17)21)13-9-7-6-8-10-13/h6-10,14H,4-5,11-12H2,1-3H3,(H2,17,21). The highest BCUT2D eigenvalue weighted by Crippen LogP contribution is 2.17. The second-order valence-electron chi connectivity index (χ2n) is 5.13. The van der Waals surface area contributed by atoms with E-state index in [9.17, 15) is 4.79 Å². The van der Waals surface area contributed by atoms with Crippen LogP contribution in [0, 0.1) is 0 Å². The third-order valence-corrected chi connectivity index (χ3v) is 3.85.